The first-order valence-corrected chi connectivity index (χ1v) is 7.37. The lowest BCUT2D eigenvalue weighted by Gasteiger charge is -2.12. The van der Waals surface area contributed by atoms with Crippen LogP contribution in [0.25, 0.3) is 0 Å². The summed E-state index contributed by atoms with van der Waals surface area (Å²) < 4.78 is 44.9. The molecule has 112 valence electrons. The highest BCUT2D eigenvalue weighted by atomic mass is 32.2. The van der Waals surface area contributed by atoms with E-state index in [1.807, 2.05) is 0 Å². The number of nitrogens with one attached hydrogen (secondary N) is 2. The lowest BCUT2D eigenvalue weighted by atomic mass is 10.3. The van der Waals surface area contributed by atoms with Crippen molar-refractivity contribution in [1.82, 2.24) is 0 Å². The van der Waals surface area contributed by atoms with E-state index in [1.165, 1.54) is 37.4 Å². The van der Waals surface area contributed by atoms with E-state index in [9.17, 15) is 12.8 Å². The van der Waals surface area contributed by atoms with Gasteiger partial charge in [-0.1, -0.05) is 0 Å². The predicted octanol–water partition coefficient (Wildman–Crippen LogP) is 1.92. The maximum atomic E-state index is 13.1. The molecule has 0 heterocycles. The van der Waals surface area contributed by atoms with Crippen LogP contribution in [0.1, 0.15) is 0 Å². The van der Waals surface area contributed by atoms with Gasteiger partial charge in [0.2, 0.25) is 0 Å². The van der Waals surface area contributed by atoms with E-state index in [1.54, 1.807) is 0 Å². The van der Waals surface area contributed by atoms with Gasteiger partial charge in [0.25, 0.3) is 10.0 Å². The molecule has 0 bridgehead atoms. The molecule has 0 radical (unpaired) electrons. The average molecular weight is 311 g/mol. The topological polar surface area (TPSA) is 93.4 Å². The number of hydrazine groups is 1. The molecule has 0 unspecified atom stereocenters. The quantitative estimate of drug-likeness (QED) is 0.579. The number of anilines is 2. The molecule has 0 fully saturated rings. The fourth-order valence-corrected chi connectivity index (χ4v) is 2.75. The van der Waals surface area contributed by atoms with Crippen molar-refractivity contribution >= 4 is 21.4 Å². The van der Waals surface area contributed by atoms with Crippen molar-refractivity contribution < 1.29 is 17.5 Å². The molecule has 4 N–H and O–H groups in total. The van der Waals surface area contributed by atoms with Gasteiger partial charge in [-0.3, -0.25) is 10.6 Å². The third-order valence-corrected chi connectivity index (χ3v) is 4.12. The van der Waals surface area contributed by atoms with Crippen molar-refractivity contribution in [2.75, 3.05) is 17.3 Å². The number of halogens is 1. The monoisotopic (exact) mass is 311 g/mol. The Morgan fingerprint density at radius 3 is 2.38 bits per heavy atom. The van der Waals surface area contributed by atoms with Crippen LogP contribution in [0.15, 0.2) is 47.4 Å². The summed E-state index contributed by atoms with van der Waals surface area (Å²) >= 11 is 0. The van der Waals surface area contributed by atoms with Gasteiger partial charge in [0.05, 0.1) is 17.7 Å². The third-order valence-electron chi connectivity index (χ3n) is 2.74. The highest BCUT2D eigenvalue weighted by molar-refractivity contribution is 7.92. The van der Waals surface area contributed by atoms with Gasteiger partial charge in [-0.15, -0.1) is 0 Å². The molecule has 0 spiro atoms. The van der Waals surface area contributed by atoms with Gasteiger partial charge in [0, 0.05) is 11.8 Å². The van der Waals surface area contributed by atoms with Gasteiger partial charge in [0.15, 0.2) is 0 Å². The second kappa shape index (κ2) is 5.98. The molecule has 2 aromatic carbocycles. The van der Waals surface area contributed by atoms with Crippen LogP contribution in [0, 0.1) is 5.82 Å². The SMILES string of the molecule is COc1cc(F)ccc1NS(=O)(=O)c1ccc(NN)cc1. The normalized spacial score (nSPS) is 11.0. The Balaban J connectivity index is 2.32. The van der Waals surface area contributed by atoms with Gasteiger partial charge in [0.1, 0.15) is 11.6 Å². The zero-order valence-electron chi connectivity index (χ0n) is 11.1. The number of methoxy groups -OCH3 is 1. The fraction of sp³-hybridized carbons (Fsp3) is 0.0769. The van der Waals surface area contributed by atoms with Crippen LogP contribution in [0.2, 0.25) is 0 Å². The van der Waals surface area contributed by atoms with E-state index >= 15 is 0 Å². The van der Waals surface area contributed by atoms with Crippen LogP contribution >= 0.6 is 0 Å². The Bertz CT molecular complexity index is 733. The van der Waals surface area contributed by atoms with Gasteiger partial charge >= 0.3 is 0 Å². The summed E-state index contributed by atoms with van der Waals surface area (Å²) in [5.74, 6) is 4.79. The summed E-state index contributed by atoms with van der Waals surface area (Å²) in [7, 11) is -2.48. The van der Waals surface area contributed by atoms with Crippen molar-refractivity contribution in [3.63, 3.8) is 0 Å². The Morgan fingerprint density at radius 2 is 1.81 bits per heavy atom. The maximum absolute atomic E-state index is 13.1. The van der Waals surface area contributed by atoms with Crippen LogP contribution in [0.3, 0.4) is 0 Å². The van der Waals surface area contributed by atoms with Gasteiger partial charge in [-0.2, -0.15) is 0 Å². The molecule has 2 rings (SSSR count). The lowest BCUT2D eigenvalue weighted by Crippen LogP contribution is -2.14. The number of hydrogen-bond acceptors (Lipinski definition) is 5. The largest absolute Gasteiger partial charge is 0.494 e. The number of rotatable bonds is 5. The van der Waals surface area contributed by atoms with Crippen LogP contribution in [0.4, 0.5) is 15.8 Å². The van der Waals surface area contributed by atoms with Crippen LogP contribution in [0.5, 0.6) is 5.75 Å². The molecule has 2 aromatic rings. The Labute approximate surface area is 121 Å². The van der Waals surface area contributed by atoms with Crippen molar-refractivity contribution in [2.24, 2.45) is 5.84 Å². The molecule has 8 heteroatoms. The van der Waals surface area contributed by atoms with Crippen molar-refractivity contribution in [3.8, 4) is 5.75 Å². The molecule has 0 aromatic heterocycles. The number of benzene rings is 2. The first-order valence-electron chi connectivity index (χ1n) is 5.89. The Kier molecular flexibility index (Phi) is 4.29. The molecule has 0 aliphatic rings. The maximum Gasteiger partial charge on any atom is 0.262 e. The smallest absolute Gasteiger partial charge is 0.262 e. The Hall–Kier alpha value is -2.32. The highest BCUT2D eigenvalue weighted by Crippen LogP contribution is 2.27. The van der Waals surface area contributed by atoms with Crippen molar-refractivity contribution in [3.05, 3.63) is 48.3 Å². The van der Waals surface area contributed by atoms with E-state index in [0.29, 0.717) is 5.69 Å². The molecule has 0 aliphatic carbocycles. The molecular weight excluding hydrogens is 297 g/mol. The first kappa shape index (κ1) is 15.1. The van der Waals surface area contributed by atoms with Gasteiger partial charge in [-0.25, -0.2) is 12.8 Å². The summed E-state index contributed by atoms with van der Waals surface area (Å²) in [5, 5.41) is 0. The number of nitrogen functional groups attached to an aromatic ring is 1. The molecule has 0 aliphatic heterocycles. The first-order chi connectivity index (χ1) is 9.96. The molecular formula is C13H14FN3O3S. The Morgan fingerprint density at radius 1 is 1.14 bits per heavy atom. The number of hydrogen-bond donors (Lipinski definition) is 3. The van der Waals surface area contributed by atoms with Crippen molar-refractivity contribution in [1.29, 1.82) is 0 Å². The van der Waals surface area contributed by atoms with Crippen LogP contribution in [-0.4, -0.2) is 15.5 Å². The molecule has 0 amide bonds. The number of sulfonamides is 1. The molecule has 6 nitrogen and oxygen atoms in total. The number of nitrogens with two attached hydrogens (primary N) is 1. The molecule has 21 heavy (non-hydrogen) atoms. The summed E-state index contributed by atoms with van der Waals surface area (Å²) in [5.41, 5.74) is 3.13. The van der Waals surface area contributed by atoms with Crippen molar-refractivity contribution in [2.45, 2.75) is 4.90 Å². The second-order valence-electron chi connectivity index (χ2n) is 4.12. The summed E-state index contributed by atoms with van der Waals surface area (Å²) in [6.45, 7) is 0. The zero-order chi connectivity index (χ0) is 15.5. The second-order valence-corrected chi connectivity index (χ2v) is 5.80. The molecule has 0 saturated heterocycles. The zero-order valence-corrected chi connectivity index (χ0v) is 11.9. The highest BCUT2D eigenvalue weighted by Gasteiger charge is 2.16. The van der Waals surface area contributed by atoms with E-state index < -0.39 is 15.8 Å². The summed E-state index contributed by atoms with van der Waals surface area (Å²) in [6.07, 6.45) is 0. The van der Waals surface area contributed by atoms with Gasteiger partial charge < -0.3 is 10.2 Å². The third kappa shape index (κ3) is 3.41. The van der Waals surface area contributed by atoms with Crippen LogP contribution < -0.4 is 20.7 Å². The van der Waals surface area contributed by atoms with E-state index in [2.05, 4.69) is 10.1 Å². The van der Waals surface area contributed by atoms with Gasteiger partial charge in [-0.05, 0) is 36.4 Å². The molecule has 0 saturated carbocycles. The fourth-order valence-electron chi connectivity index (χ4n) is 1.68. The summed E-state index contributed by atoms with van der Waals surface area (Å²) in [6, 6.07) is 9.37. The van der Waals surface area contributed by atoms with Crippen LogP contribution in [-0.2, 0) is 10.0 Å². The minimum Gasteiger partial charge on any atom is -0.494 e. The average Bonchev–Trinajstić information content (AvgIpc) is 2.49. The number of ether oxygens (including phenoxy) is 1. The minimum atomic E-state index is -3.80. The standard InChI is InChI=1S/C13H14FN3O3S/c1-20-13-8-9(14)2-7-12(13)17-21(18,19)11-5-3-10(16-15)4-6-11/h2-8,16-17H,15H2,1H3. The summed E-state index contributed by atoms with van der Waals surface area (Å²) in [4.78, 5) is 0.0490. The minimum absolute atomic E-state index is 0.0490. The van der Waals surface area contributed by atoms with E-state index in [4.69, 9.17) is 10.6 Å². The predicted molar refractivity (Wildman–Crippen MR) is 78.0 cm³/mol. The van der Waals surface area contributed by atoms with E-state index in [0.717, 1.165) is 12.1 Å². The molecule has 0 atom stereocenters. The van der Waals surface area contributed by atoms with E-state index in [-0.39, 0.29) is 16.3 Å². The lowest BCUT2D eigenvalue weighted by molar-refractivity contribution is 0.413.